The summed E-state index contributed by atoms with van der Waals surface area (Å²) in [5.74, 6) is -0.859. The zero-order valence-electron chi connectivity index (χ0n) is 18.8. The Bertz CT molecular complexity index is 1280. The Morgan fingerprint density at radius 3 is 2.44 bits per heavy atom. The highest BCUT2D eigenvalue weighted by molar-refractivity contribution is 6.10. The topological polar surface area (TPSA) is 84.1 Å². The number of anilines is 1. The van der Waals surface area contributed by atoms with Crippen LogP contribution in [0.1, 0.15) is 38.4 Å². The van der Waals surface area contributed by atoms with Crippen molar-refractivity contribution in [3.63, 3.8) is 0 Å². The van der Waals surface area contributed by atoms with Crippen LogP contribution < -0.4 is 5.32 Å². The summed E-state index contributed by atoms with van der Waals surface area (Å²) in [5.41, 5.74) is 6.22. The molecule has 0 aliphatic heterocycles. The van der Waals surface area contributed by atoms with E-state index < -0.39 is 11.9 Å². The Hall–Kier alpha value is -4.11. The van der Waals surface area contributed by atoms with Gasteiger partial charge in [-0.05, 0) is 74.7 Å². The van der Waals surface area contributed by atoms with E-state index in [1.165, 1.54) is 7.11 Å². The number of nitriles is 1. The number of rotatable bonds is 5. The molecule has 32 heavy (non-hydrogen) atoms. The second-order valence-corrected chi connectivity index (χ2v) is 7.54. The van der Waals surface area contributed by atoms with E-state index in [0.29, 0.717) is 11.3 Å². The predicted molar refractivity (Wildman–Crippen MR) is 125 cm³/mol. The van der Waals surface area contributed by atoms with Gasteiger partial charge in [-0.15, -0.1) is 0 Å². The number of carbonyl (C=O) groups excluding carboxylic acids is 2. The molecule has 0 saturated carbocycles. The van der Waals surface area contributed by atoms with Crippen LogP contribution in [0, 0.1) is 39.0 Å². The van der Waals surface area contributed by atoms with Gasteiger partial charge in [-0.2, -0.15) is 5.26 Å². The van der Waals surface area contributed by atoms with Gasteiger partial charge in [0, 0.05) is 22.8 Å². The first-order valence-corrected chi connectivity index (χ1v) is 10.1. The molecule has 1 aromatic heterocycles. The minimum Gasteiger partial charge on any atom is -0.465 e. The average Bonchev–Trinajstić information content (AvgIpc) is 3.06. The molecule has 0 atom stereocenters. The van der Waals surface area contributed by atoms with Gasteiger partial charge in [0.05, 0.1) is 12.7 Å². The van der Waals surface area contributed by atoms with Gasteiger partial charge in [-0.25, -0.2) is 4.79 Å². The number of hydrogen-bond acceptors (Lipinski definition) is 4. The smallest absolute Gasteiger partial charge is 0.338 e. The molecule has 0 fully saturated rings. The summed E-state index contributed by atoms with van der Waals surface area (Å²) in [4.78, 5) is 24.8. The van der Waals surface area contributed by atoms with Crippen molar-refractivity contribution < 1.29 is 14.3 Å². The first-order valence-electron chi connectivity index (χ1n) is 10.1. The number of aryl methyl sites for hydroxylation is 2. The van der Waals surface area contributed by atoms with Crippen LogP contribution in [0.3, 0.4) is 0 Å². The van der Waals surface area contributed by atoms with Crippen molar-refractivity contribution in [3.05, 3.63) is 87.7 Å². The molecule has 3 aromatic rings. The lowest BCUT2D eigenvalue weighted by Crippen LogP contribution is -2.14. The molecule has 2 aromatic carbocycles. The summed E-state index contributed by atoms with van der Waals surface area (Å²) >= 11 is 0. The highest BCUT2D eigenvalue weighted by Crippen LogP contribution is 2.27. The summed E-state index contributed by atoms with van der Waals surface area (Å²) in [6.45, 7) is 7.61. The molecule has 0 bridgehead atoms. The zero-order chi connectivity index (χ0) is 23.4. The lowest BCUT2D eigenvalue weighted by atomic mass is 10.1. The SMILES string of the molecule is COC(=O)c1cccc(-n2c(C)cc(/C=C(\C#N)C(=O)Nc3ccccc3C)c2C)c1C. The van der Waals surface area contributed by atoms with E-state index >= 15 is 0 Å². The molecule has 1 N–H and O–H groups in total. The van der Waals surface area contributed by atoms with Crippen LogP contribution in [0.2, 0.25) is 0 Å². The second-order valence-electron chi connectivity index (χ2n) is 7.54. The molecule has 0 radical (unpaired) electrons. The number of hydrogen-bond donors (Lipinski definition) is 1. The summed E-state index contributed by atoms with van der Waals surface area (Å²) in [7, 11) is 1.36. The van der Waals surface area contributed by atoms with Gasteiger partial charge in [0.15, 0.2) is 0 Å². The molecular weight excluding hydrogens is 402 g/mol. The monoisotopic (exact) mass is 427 g/mol. The van der Waals surface area contributed by atoms with E-state index in [-0.39, 0.29) is 5.57 Å². The molecule has 3 rings (SSSR count). The van der Waals surface area contributed by atoms with Crippen LogP contribution >= 0.6 is 0 Å². The lowest BCUT2D eigenvalue weighted by molar-refractivity contribution is -0.112. The number of aromatic nitrogens is 1. The van der Waals surface area contributed by atoms with Crippen molar-refractivity contribution in [1.29, 1.82) is 5.26 Å². The van der Waals surface area contributed by atoms with Crippen molar-refractivity contribution in [2.75, 3.05) is 12.4 Å². The number of nitrogens with one attached hydrogen (secondary N) is 1. The van der Waals surface area contributed by atoms with Gasteiger partial charge in [-0.3, -0.25) is 4.79 Å². The quantitative estimate of drug-likeness (QED) is 0.351. The van der Waals surface area contributed by atoms with Gasteiger partial charge < -0.3 is 14.6 Å². The first kappa shape index (κ1) is 22.6. The first-order chi connectivity index (χ1) is 15.3. The average molecular weight is 428 g/mol. The van der Waals surface area contributed by atoms with Gasteiger partial charge >= 0.3 is 5.97 Å². The summed E-state index contributed by atoms with van der Waals surface area (Å²) < 4.78 is 6.89. The van der Waals surface area contributed by atoms with Crippen molar-refractivity contribution in [2.45, 2.75) is 27.7 Å². The molecular formula is C26H25N3O3. The van der Waals surface area contributed by atoms with Crippen LogP contribution in [-0.2, 0) is 9.53 Å². The van der Waals surface area contributed by atoms with Gasteiger partial charge in [0.2, 0.25) is 0 Å². The third-order valence-corrected chi connectivity index (χ3v) is 5.48. The third-order valence-electron chi connectivity index (χ3n) is 5.48. The highest BCUT2D eigenvalue weighted by Gasteiger charge is 2.18. The van der Waals surface area contributed by atoms with Crippen molar-refractivity contribution in [3.8, 4) is 11.8 Å². The Kier molecular flexibility index (Phi) is 6.60. The fraction of sp³-hybridized carbons (Fsp3) is 0.192. The maximum Gasteiger partial charge on any atom is 0.338 e. The number of esters is 1. The van der Waals surface area contributed by atoms with Crippen LogP contribution in [0.15, 0.2) is 54.1 Å². The Balaban J connectivity index is 2.01. The molecule has 0 saturated heterocycles. The van der Waals surface area contributed by atoms with E-state index in [1.807, 2.05) is 68.7 Å². The summed E-state index contributed by atoms with van der Waals surface area (Å²) in [6, 6.07) is 16.8. The predicted octanol–water partition coefficient (Wildman–Crippen LogP) is 5.04. The zero-order valence-corrected chi connectivity index (χ0v) is 18.8. The number of ether oxygens (including phenoxy) is 1. The number of methoxy groups -OCH3 is 1. The Morgan fingerprint density at radius 1 is 1.06 bits per heavy atom. The Morgan fingerprint density at radius 2 is 1.78 bits per heavy atom. The third kappa shape index (κ3) is 4.33. The molecule has 0 unspecified atom stereocenters. The normalized spacial score (nSPS) is 11.1. The molecule has 1 heterocycles. The van der Waals surface area contributed by atoms with Crippen LogP contribution in [0.4, 0.5) is 5.69 Å². The molecule has 0 aliphatic carbocycles. The largest absolute Gasteiger partial charge is 0.465 e. The van der Waals surface area contributed by atoms with E-state index in [2.05, 4.69) is 5.32 Å². The van der Waals surface area contributed by atoms with Gasteiger partial charge in [-0.1, -0.05) is 24.3 Å². The van der Waals surface area contributed by atoms with Crippen LogP contribution in [0.25, 0.3) is 11.8 Å². The molecule has 0 aliphatic rings. The number of nitrogens with zero attached hydrogens (tertiary/aromatic N) is 2. The highest BCUT2D eigenvalue weighted by atomic mass is 16.5. The summed E-state index contributed by atoms with van der Waals surface area (Å²) in [6.07, 6.45) is 1.59. The maximum absolute atomic E-state index is 12.7. The van der Waals surface area contributed by atoms with E-state index in [0.717, 1.165) is 33.8 Å². The summed E-state index contributed by atoms with van der Waals surface area (Å²) in [5, 5.41) is 12.4. The van der Waals surface area contributed by atoms with Crippen LogP contribution in [-0.4, -0.2) is 23.6 Å². The van der Waals surface area contributed by atoms with E-state index in [9.17, 15) is 14.9 Å². The Labute approximate surface area is 187 Å². The molecule has 162 valence electrons. The number of carbonyl (C=O) groups is 2. The van der Waals surface area contributed by atoms with E-state index in [4.69, 9.17) is 4.74 Å². The standard InChI is InChI=1S/C26H25N3O3/c1-16-9-6-7-11-23(16)28-25(30)21(15-27)14-20-13-17(2)29(19(20)4)24-12-8-10-22(18(24)3)26(31)32-5/h6-14H,1-5H3,(H,28,30)/b21-14+. The number of benzene rings is 2. The van der Waals surface area contributed by atoms with E-state index in [1.54, 1.807) is 24.3 Å². The van der Waals surface area contributed by atoms with Crippen molar-refractivity contribution in [1.82, 2.24) is 4.57 Å². The fourth-order valence-electron chi connectivity index (χ4n) is 3.71. The molecule has 6 nitrogen and oxygen atoms in total. The minimum absolute atomic E-state index is 0.00790. The molecule has 1 amide bonds. The van der Waals surface area contributed by atoms with Crippen LogP contribution in [0.5, 0.6) is 0 Å². The van der Waals surface area contributed by atoms with Crippen molar-refractivity contribution >= 4 is 23.6 Å². The molecule has 6 heteroatoms. The number of amides is 1. The lowest BCUT2D eigenvalue weighted by Gasteiger charge is -2.15. The van der Waals surface area contributed by atoms with Crippen molar-refractivity contribution in [2.24, 2.45) is 0 Å². The molecule has 0 spiro atoms. The van der Waals surface area contributed by atoms with Gasteiger partial charge in [0.1, 0.15) is 11.6 Å². The fourth-order valence-corrected chi connectivity index (χ4v) is 3.71. The van der Waals surface area contributed by atoms with Gasteiger partial charge in [0.25, 0.3) is 5.91 Å². The second kappa shape index (κ2) is 9.36. The number of para-hydroxylation sites is 1. The minimum atomic E-state index is -0.463. The maximum atomic E-state index is 12.7.